The first-order valence-electron chi connectivity index (χ1n) is 48.1. The lowest BCUT2D eigenvalue weighted by Gasteiger charge is -2.28. The highest BCUT2D eigenvalue weighted by atomic mass is 15.2. The maximum absolute atomic E-state index is 2.41. The molecular weight excluding hydrogens is 1660 g/mol. The smallest absolute Gasteiger partial charge is 0.0465 e. The maximum Gasteiger partial charge on any atom is 0.0465 e. The van der Waals surface area contributed by atoms with E-state index in [1.807, 2.05) is 0 Å². The number of rotatable bonds is 18. The topological polar surface area (TPSA) is 9.72 Å². The number of hydrogen-bond donors (Lipinski definition) is 0. The summed E-state index contributed by atoms with van der Waals surface area (Å²) >= 11 is 0. The monoisotopic (exact) mass is 1770 g/mol. The van der Waals surface area contributed by atoms with Crippen LogP contribution in [0.25, 0.3) is 134 Å². The number of fused-ring (bicyclic) bond motifs is 9. The maximum atomic E-state index is 2.41. The van der Waals surface area contributed by atoms with Gasteiger partial charge in [-0.15, -0.1) is 0 Å². The highest BCUT2D eigenvalue weighted by Crippen LogP contribution is 2.55. The summed E-state index contributed by atoms with van der Waals surface area (Å²) < 4.78 is 0. The molecule has 0 saturated carbocycles. The van der Waals surface area contributed by atoms with Gasteiger partial charge in [-0.2, -0.15) is 0 Å². The molecule has 0 aromatic heterocycles. The van der Waals surface area contributed by atoms with Crippen molar-refractivity contribution < 1.29 is 0 Å². The highest BCUT2D eigenvalue weighted by Gasteiger charge is 2.39. The quantitative estimate of drug-likeness (QED) is 0.0848. The van der Waals surface area contributed by atoms with Crippen molar-refractivity contribution in [3.8, 4) is 134 Å². The van der Waals surface area contributed by atoms with Gasteiger partial charge in [0.05, 0.1) is 0 Å². The molecule has 0 aliphatic heterocycles. The Kier molecular flexibility index (Phi) is 23.2. The Bertz CT molecular complexity index is 7730. The van der Waals surface area contributed by atoms with Crippen LogP contribution in [0, 0.1) is 0 Å². The summed E-state index contributed by atoms with van der Waals surface area (Å²) in [6.45, 7) is 14.1. The minimum Gasteiger partial charge on any atom is -0.311 e. The van der Waals surface area contributed by atoms with Gasteiger partial charge in [0.25, 0.3) is 0 Å². The Balaban J connectivity index is 0.000000119. The molecule has 0 fully saturated rings. The van der Waals surface area contributed by atoms with Crippen LogP contribution in [-0.2, 0) is 16.2 Å². The summed E-state index contributed by atoms with van der Waals surface area (Å²) in [5.74, 6) is 0. The van der Waals surface area contributed by atoms with Gasteiger partial charge in [0, 0.05) is 67.4 Å². The van der Waals surface area contributed by atoms with Crippen molar-refractivity contribution >= 4 is 51.2 Å². The summed E-state index contributed by atoms with van der Waals surface area (Å²) in [4.78, 5) is 7.12. The fraction of sp³-hybridized carbons (Fsp3) is 0.0667. The molecular formula is C135H105N3. The lowest BCUT2D eigenvalue weighted by atomic mass is 9.81. The van der Waals surface area contributed by atoms with Gasteiger partial charge in [-0.25, -0.2) is 0 Å². The van der Waals surface area contributed by atoms with Crippen LogP contribution in [0.3, 0.4) is 0 Å². The van der Waals surface area contributed by atoms with E-state index in [0.29, 0.717) is 0 Å². The zero-order valence-corrected chi connectivity index (χ0v) is 78.6. The second-order valence-corrected chi connectivity index (χ2v) is 37.9. The standard InChI is InChI=1S/3C45H35N/c1-45(2)43-30-37(34-16-10-5-11-17-34)22-28-41(43)42-29-27-40(31-44(42)45)46(38-23-18-35(19-24-38)32-12-6-3-7-13-32)39-25-20-36(21-26-39)33-14-8-4-9-15-33;1-45(2)43-19-10-9-18-41(43)42-29-28-40(31-44(42)45)46(38-24-20-34(21-25-38)32-12-5-3-6-13-32)39-26-22-35(23-27-39)37-17-11-16-36(30-37)33-14-7-4-8-15-33;1-45(2)43-16-10-9-15-41(43)42-30-23-37(31-44(42)45)36-21-28-40(29-22-36)46(38-24-17-34(18-25-38)32-11-5-3-6-12-32)39-26-19-35(20-27-39)33-13-7-4-8-14-33/h3*3-31H,1-2H3. The lowest BCUT2D eigenvalue weighted by molar-refractivity contribution is 0.660. The Morgan fingerprint density at radius 1 is 0.109 bits per heavy atom. The van der Waals surface area contributed by atoms with Crippen molar-refractivity contribution in [2.75, 3.05) is 14.7 Å². The van der Waals surface area contributed by atoms with Crippen molar-refractivity contribution in [1.82, 2.24) is 0 Å². The SMILES string of the molecule is CC1(C)c2cc(-c3ccccc3)ccc2-c2ccc(N(c3ccc(-c4ccccc4)cc3)c3ccc(-c4ccccc4)cc3)cc21.CC1(C)c2ccccc2-c2ccc(-c3ccc(N(c4ccc(-c5ccccc5)cc4)c4ccc(-c5ccccc5)cc4)cc3)cc21.CC1(C)c2ccccc2-c2ccc(N(c3ccc(-c4ccccc4)cc3)c3ccc(-c4cccc(-c5ccccc5)c4)cc3)cc21. The van der Waals surface area contributed by atoms with Gasteiger partial charge in [-0.05, 0) is 294 Å². The molecule has 3 aliphatic carbocycles. The van der Waals surface area contributed by atoms with E-state index < -0.39 is 0 Å². The summed E-state index contributed by atoms with van der Waals surface area (Å²) in [6, 6.07) is 191. The highest BCUT2D eigenvalue weighted by molar-refractivity contribution is 5.92. The summed E-state index contributed by atoms with van der Waals surface area (Å²) in [6.07, 6.45) is 0. The first-order chi connectivity index (χ1) is 67.7. The summed E-state index contributed by atoms with van der Waals surface area (Å²) in [7, 11) is 0. The second-order valence-electron chi connectivity index (χ2n) is 37.9. The van der Waals surface area contributed by atoms with Crippen LogP contribution in [-0.4, -0.2) is 0 Å². The van der Waals surface area contributed by atoms with Crippen molar-refractivity contribution in [3.63, 3.8) is 0 Å². The molecule has 3 aliphatic rings. The molecule has 138 heavy (non-hydrogen) atoms. The largest absolute Gasteiger partial charge is 0.311 e. The molecule has 660 valence electrons. The fourth-order valence-corrected chi connectivity index (χ4v) is 21.0. The van der Waals surface area contributed by atoms with E-state index in [1.54, 1.807) is 0 Å². The fourth-order valence-electron chi connectivity index (χ4n) is 21.0. The van der Waals surface area contributed by atoms with Gasteiger partial charge in [0.1, 0.15) is 0 Å². The third-order valence-electron chi connectivity index (χ3n) is 28.5. The van der Waals surface area contributed by atoms with Gasteiger partial charge < -0.3 is 14.7 Å². The first-order valence-corrected chi connectivity index (χ1v) is 48.1. The molecule has 21 aromatic carbocycles. The molecule has 0 N–H and O–H groups in total. The molecule has 0 amide bonds. The minimum absolute atomic E-state index is 0.0174. The van der Waals surface area contributed by atoms with Crippen molar-refractivity contribution in [2.24, 2.45) is 0 Å². The molecule has 3 nitrogen and oxygen atoms in total. The molecule has 0 atom stereocenters. The van der Waals surface area contributed by atoms with Crippen LogP contribution in [0.1, 0.15) is 74.9 Å². The predicted molar refractivity (Wildman–Crippen MR) is 585 cm³/mol. The van der Waals surface area contributed by atoms with E-state index in [1.165, 1.54) is 167 Å². The Labute approximate surface area is 812 Å². The van der Waals surface area contributed by atoms with Crippen molar-refractivity contribution in [3.05, 3.63) is 561 Å². The van der Waals surface area contributed by atoms with Gasteiger partial charge in [-0.3, -0.25) is 0 Å². The Morgan fingerprint density at radius 3 is 0.514 bits per heavy atom. The molecule has 0 bridgehead atoms. The van der Waals surface area contributed by atoms with E-state index in [-0.39, 0.29) is 16.2 Å². The zero-order chi connectivity index (χ0) is 93.3. The van der Waals surface area contributed by atoms with E-state index in [2.05, 4.69) is 584 Å². The molecule has 0 unspecified atom stereocenters. The van der Waals surface area contributed by atoms with Crippen LogP contribution in [0.2, 0.25) is 0 Å². The zero-order valence-electron chi connectivity index (χ0n) is 78.6. The van der Waals surface area contributed by atoms with Crippen LogP contribution >= 0.6 is 0 Å². The first kappa shape index (κ1) is 86.4. The van der Waals surface area contributed by atoms with E-state index in [4.69, 9.17) is 0 Å². The number of anilines is 9. The number of nitrogens with zero attached hydrogens (tertiary/aromatic N) is 3. The lowest BCUT2D eigenvalue weighted by Crippen LogP contribution is -2.16. The van der Waals surface area contributed by atoms with E-state index in [9.17, 15) is 0 Å². The Morgan fingerprint density at radius 2 is 0.261 bits per heavy atom. The van der Waals surface area contributed by atoms with Gasteiger partial charge >= 0.3 is 0 Å². The molecule has 0 saturated heterocycles. The average Bonchev–Trinajstić information content (AvgIpc) is 1.58. The summed E-state index contributed by atoms with van der Waals surface area (Å²) in [5.41, 5.74) is 48.3. The van der Waals surface area contributed by atoms with Crippen LogP contribution < -0.4 is 14.7 Å². The molecule has 0 spiro atoms. The van der Waals surface area contributed by atoms with Crippen molar-refractivity contribution in [2.45, 2.75) is 57.8 Å². The molecule has 0 radical (unpaired) electrons. The van der Waals surface area contributed by atoms with Crippen LogP contribution in [0.15, 0.2) is 528 Å². The minimum atomic E-state index is -0.133. The molecule has 3 heteroatoms. The van der Waals surface area contributed by atoms with E-state index in [0.717, 1.165) is 51.2 Å². The second kappa shape index (κ2) is 37.1. The third kappa shape index (κ3) is 16.9. The van der Waals surface area contributed by atoms with Crippen LogP contribution in [0.4, 0.5) is 51.2 Å². The molecule has 21 aromatic rings. The van der Waals surface area contributed by atoms with Gasteiger partial charge in [0.15, 0.2) is 0 Å². The van der Waals surface area contributed by atoms with Crippen molar-refractivity contribution in [1.29, 1.82) is 0 Å². The molecule has 0 heterocycles. The van der Waals surface area contributed by atoms with Gasteiger partial charge in [0.2, 0.25) is 0 Å². The number of benzene rings is 21. The normalized spacial score (nSPS) is 12.7. The number of hydrogen-bond acceptors (Lipinski definition) is 3. The van der Waals surface area contributed by atoms with Gasteiger partial charge in [-0.1, -0.05) is 442 Å². The third-order valence-corrected chi connectivity index (χ3v) is 28.5. The van der Waals surface area contributed by atoms with E-state index >= 15 is 0 Å². The Hall–Kier alpha value is -17.0. The predicted octanol–water partition coefficient (Wildman–Crippen LogP) is 37.4. The summed E-state index contributed by atoms with van der Waals surface area (Å²) in [5, 5.41) is 0. The molecule has 24 rings (SSSR count). The van der Waals surface area contributed by atoms with Crippen LogP contribution in [0.5, 0.6) is 0 Å². The average molecular weight is 1770 g/mol.